The molecule has 0 spiro atoms. The molecule has 3 N–H and O–H groups in total. The lowest BCUT2D eigenvalue weighted by Crippen LogP contribution is -2.27. The zero-order valence-electron chi connectivity index (χ0n) is 11.8. The van der Waals surface area contributed by atoms with Crippen LogP contribution in [0.25, 0.3) is 0 Å². The molecule has 0 radical (unpaired) electrons. The quantitative estimate of drug-likeness (QED) is 0.717. The lowest BCUT2D eigenvalue weighted by atomic mass is 10.1. The van der Waals surface area contributed by atoms with Gasteiger partial charge in [-0.25, -0.2) is 0 Å². The van der Waals surface area contributed by atoms with Crippen molar-refractivity contribution in [3.8, 4) is 0 Å². The van der Waals surface area contributed by atoms with Crippen LogP contribution in [-0.4, -0.2) is 22.5 Å². The van der Waals surface area contributed by atoms with Gasteiger partial charge in [-0.05, 0) is 31.1 Å². The Bertz CT molecular complexity index is 649. The van der Waals surface area contributed by atoms with Gasteiger partial charge in [-0.2, -0.15) is 0 Å². The molecule has 0 saturated carbocycles. The van der Waals surface area contributed by atoms with Crippen LogP contribution in [-0.2, 0) is 11.2 Å². The number of carbonyl (C=O) groups is 1. The molecule has 0 aliphatic heterocycles. The fraction of sp³-hybridized carbons (Fsp3) is 0.333. The van der Waals surface area contributed by atoms with Gasteiger partial charge >= 0.3 is 0 Å². The van der Waals surface area contributed by atoms with E-state index in [0.717, 1.165) is 16.1 Å². The predicted octanol–water partition coefficient (Wildman–Crippen LogP) is 2.90. The van der Waals surface area contributed by atoms with Crippen molar-refractivity contribution in [1.82, 2.24) is 10.3 Å². The summed E-state index contributed by atoms with van der Waals surface area (Å²) in [5, 5.41) is 12.8. The minimum absolute atomic E-state index is 0.0522. The molecule has 0 aliphatic rings. The number of thiazole rings is 1. The minimum Gasteiger partial charge on any atom is -0.388 e. The van der Waals surface area contributed by atoms with Gasteiger partial charge in [0.15, 0.2) is 3.95 Å². The Kier molecular flexibility index (Phi) is 5.67. The molecule has 0 bridgehead atoms. The molecule has 4 nitrogen and oxygen atoms in total. The van der Waals surface area contributed by atoms with Crippen LogP contribution in [0.15, 0.2) is 30.3 Å². The first kappa shape index (κ1) is 15.9. The molecule has 2 aromatic rings. The lowest BCUT2D eigenvalue weighted by molar-refractivity contribution is -0.120. The second-order valence-electron chi connectivity index (χ2n) is 4.80. The summed E-state index contributed by atoms with van der Waals surface area (Å²) < 4.78 is 0.690. The number of aryl methyl sites for hydroxylation is 1. The van der Waals surface area contributed by atoms with Crippen molar-refractivity contribution in [2.24, 2.45) is 0 Å². The lowest BCUT2D eigenvalue weighted by Gasteiger charge is -2.11. The van der Waals surface area contributed by atoms with E-state index >= 15 is 0 Å². The average Bonchev–Trinajstić information content (AvgIpc) is 2.77. The third kappa shape index (κ3) is 4.77. The van der Waals surface area contributed by atoms with Crippen LogP contribution in [0, 0.1) is 10.9 Å². The van der Waals surface area contributed by atoms with Crippen LogP contribution < -0.4 is 5.32 Å². The van der Waals surface area contributed by atoms with Gasteiger partial charge in [0, 0.05) is 17.1 Å². The maximum atomic E-state index is 11.9. The summed E-state index contributed by atoms with van der Waals surface area (Å²) >= 11 is 6.48. The number of aromatic nitrogens is 1. The number of H-pyrrole nitrogens is 1. The van der Waals surface area contributed by atoms with Gasteiger partial charge in [-0.15, -0.1) is 11.3 Å². The van der Waals surface area contributed by atoms with Crippen molar-refractivity contribution in [1.29, 1.82) is 0 Å². The third-order valence-corrected chi connectivity index (χ3v) is 4.51. The second kappa shape index (κ2) is 7.49. The molecule has 1 unspecified atom stereocenters. The van der Waals surface area contributed by atoms with E-state index in [1.54, 1.807) is 0 Å². The van der Waals surface area contributed by atoms with Crippen molar-refractivity contribution < 1.29 is 9.90 Å². The number of carbonyl (C=O) groups excluding carboxylic acids is 1. The van der Waals surface area contributed by atoms with E-state index in [0.29, 0.717) is 23.3 Å². The Balaban J connectivity index is 1.77. The van der Waals surface area contributed by atoms with Crippen molar-refractivity contribution >= 4 is 29.5 Å². The number of rotatable bonds is 6. The molecular formula is C15H18N2O2S2. The fourth-order valence-electron chi connectivity index (χ4n) is 2.00. The second-order valence-corrected chi connectivity index (χ2v) is 6.58. The number of benzene rings is 1. The summed E-state index contributed by atoms with van der Waals surface area (Å²) in [6.07, 6.45) is 0.269. The molecule has 1 aromatic carbocycles. The van der Waals surface area contributed by atoms with Crippen LogP contribution in [0.2, 0.25) is 0 Å². The van der Waals surface area contributed by atoms with Gasteiger partial charge < -0.3 is 15.4 Å². The highest BCUT2D eigenvalue weighted by Gasteiger charge is 2.10. The third-order valence-electron chi connectivity index (χ3n) is 3.17. The zero-order valence-corrected chi connectivity index (χ0v) is 13.4. The molecule has 6 heteroatoms. The summed E-state index contributed by atoms with van der Waals surface area (Å²) in [5.74, 6) is -0.0522. The molecule has 1 amide bonds. The maximum absolute atomic E-state index is 11.9. The van der Waals surface area contributed by atoms with Crippen LogP contribution in [0.5, 0.6) is 0 Å². The van der Waals surface area contributed by atoms with Gasteiger partial charge in [-0.3, -0.25) is 4.79 Å². The van der Waals surface area contributed by atoms with Crippen LogP contribution in [0.3, 0.4) is 0 Å². The van der Waals surface area contributed by atoms with E-state index < -0.39 is 6.10 Å². The number of nitrogens with one attached hydrogen (secondary N) is 2. The maximum Gasteiger partial charge on any atom is 0.225 e. The van der Waals surface area contributed by atoms with Gasteiger partial charge in [0.05, 0.1) is 12.5 Å². The van der Waals surface area contributed by atoms with Crippen molar-refractivity contribution in [2.75, 3.05) is 6.54 Å². The van der Waals surface area contributed by atoms with Crippen molar-refractivity contribution in [3.05, 3.63) is 50.4 Å². The highest BCUT2D eigenvalue weighted by molar-refractivity contribution is 7.73. The van der Waals surface area contributed by atoms with E-state index in [1.165, 1.54) is 11.3 Å². The van der Waals surface area contributed by atoms with E-state index in [4.69, 9.17) is 12.2 Å². The molecular weight excluding hydrogens is 304 g/mol. The normalized spacial score (nSPS) is 12.1. The van der Waals surface area contributed by atoms with Gasteiger partial charge in [-0.1, -0.05) is 30.3 Å². The smallest absolute Gasteiger partial charge is 0.225 e. The predicted molar refractivity (Wildman–Crippen MR) is 87.0 cm³/mol. The standard InChI is InChI=1S/C15H18N2O2S2/c1-10-13(21-15(20)17-10)9-14(19)16-8-7-12(18)11-5-3-2-4-6-11/h2-6,12,18H,7-9H2,1H3,(H,16,19)(H,17,20). The highest BCUT2D eigenvalue weighted by atomic mass is 32.1. The molecule has 1 atom stereocenters. The SMILES string of the molecule is Cc1[nH]c(=S)sc1CC(=O)NCCC(O)c1ccccc1. The Hall–Kier alpha value is -1.50. The summed E-state index contributed by atoms with van der Waals surface area (Å²) in [4.78, 5) is 15.8. The Morgan fingerprint density at radius 1 is 1.43 bits per heavy atom. The number of hydrogen-bond acceptors (Lipinski definition) is 4. The highest BCUT2D eigenvalue weighted by Crippen LogP contribution is 2.16. The Morgan fingerprint density at radius 3 is 2.76 bits per heavy atom. The molecule has 0 saturated heterocycles. The van der Waals surface area contributed by atoms with Gasteiger partial charge in [0.1, 0.15) is 0 Å². The number of amides is 1. The van der Waals surface area contributed by atoms with Gasteiger partial charge in [0.25, 0.3) is 0 Å². The minimum atomic E-state index is -0.553. The number of aliphatic hydroxyl groups excluding tert-OH is 1. The fourth-order valence-corrected chi connectivity index (χ4v) is 3.29. The topological polar surface area (TPSA) is 65.1 Å². The first-order chi connectivity index (χ1) is 10.1. The Morgan fingerprint density at radius 2 is 2.14 bits per heavy atom. The monoisotopic (exact) mass is 322 g/mol. The molecule has 2 rings (SSSR count). The van der Waals surface area contributed by atoms with E-state index in [1.807, 2.05) is 37.3 Å². The molecule has 0 fully saturated rings. The van der Waals surface area contributed by atoms with Gasteiger partial charge in [0.2, 0.25) is 5.91 Å². The largest absolute Gasteiger partial charge is 0.388 e. The number of hydrogen-bond donors (Lipinski definition) is 3. The first-order valence-corrected chi connectivity index (χ1v) is 7.97. The molecule has 0 aliphatic carbocycles. The average molecular weight is 322 g/mol. The number of aromatic amines is 1. The van der Waals surface area contributed by atoms with Crippen molar-refractivity contribution in [3.63, 3.8) is 0 Å². The van der Waals surface area contributed by atoms with Crippen LogP contribution in [0.4, 0.5) is 0 Å². The number of aliphatic hydroxyl groups is 1. The van der Waals surface area contributed by atoms with Crippen LogP contribution in [0.1, 0.15) is 28.7 Å². The summed E-state index contributed by atoms with van der Waals surface area (Å²) in [6.45, 7) is 2.36. The van der Waals surface area contributed by atoms with Crippen molar-refractivity contribution in [2.45, 2.75) is 25.9 Å². The summed E-state index contributed by atoms with van der Waals surface area (Å²) in [5.41, 5.74) is 1.82. The van der Waals surface area contributed by atoms with Crippen LogP contribution >= 0.6 is 23.6 Å². The zero-order chi connectivity index (χ0) is 15.2. The first-order valence-electron chi connectivity index (χ1n) is 6.74. The summed E-state index contributed by atoms with van der Waals surface area (Å²) in [7, 11) is 0. The molecule has 21 heavy (non-hydrogen) atoms. The molecule has 1 heterocycles. The molecule has 1 aromatic heterocycles. The van der Waals surface area contributed by atoms with E-state index in [9.17, 15) is 9.90 Å². The summed E-state index contributed by atoms with van der Waals surface area (Å²) in [6, 6.07) is 9.44. The molecule has 112 valence electrons. The Labute approximate surface area is 132 Å². The van der Waals surface area contributed by atoms with E-state index in [2.05, 4.69) is 10.3 Å². The van der Waals surface area contributed by atoms with E-state index in [-0.39, 0.29) is 5.91 Å².